The highest BCUT2D eigenvalue weighted by molar-refractivity contribution is 7.83. The van der Waals surface area contributed by atoms with Gasteiger partial charge in [-0.05, 0) is 53.6 Å². The number of rotatable bonds is 5. The van der Waals surface area contributed by atoms with E-state index in [1.807, 2.05) is 54.6 Å². The summed E-state index contributed by atoms with van der Waals surface area (Å²) in [5, 5.41) is 0. The Hall–Kier alpha value is -2.95. The van der Waals surface area contributed by atoms with Crippen molar-refractivity contribution in [1.29, 1.82) is 0 Å². The summed E-state index contributed by atoms with van der Waals surface area (Å²) in [5.74, 6) is 0. The fourth-order valence-corrected chi connectivity index (χ4v) is 3.99. The third-order valence-corrected chi connectivity index (χ3v) is 5.56. The maximum absolute atomic E-state index is 12.4. The van der Waals surface area contributed by atoms with Crippen LogP contribution in [0.3, 0.4) is 0 Å². The molecule has 0 fully saturated rings. The summed E-state index contributed by atoms with van der Waals surface area (Å²) in [6.45, 7) is 4.71. The van der Waals surface area contributed by atoms with Gasteiger partial charge in [-0.15, -0.1) is 0 Å². The zero-order valence-electron chi connectivity index (χ0n) is 14.8. The largest absolute Gasteiger partial charge is 0.310 e. The summed E-state index contributed by atoms with van der Waals surface area (Å²) < 4.78 is 15.4. The molecular weight excluding hydrogens is 352 g/mol. The molecule has 1 aliphatic heterocycles. The SMILES string of the molecule is C=C1C=Cc2cc(CNS(=O)c3ccccc3)ccc2N1c1ccccc1. The van der Waals surface area contributed by atoms with Crippen LogP contribution in [-0.2, 0) is 17.5 Å². The summed E-state index contributed by atoms with van der Waals surface area (Å²) in [6.07, 6.45) is 4.10. The highest BCUT2D eigenvalue weighted by Crippen LogP contribution is 2.37. The summed E-state index contributed by atoms with van der Waals surface area (Å²) in [4.78, 5) is 2.93. The van der Waals surface area contributed by atoms with Crippen LogP contribution >= 0.6 is 0 Å². The van der Waals surface area contributed by atoms with Crippen LogP contribution in [0.5, 0.6) is 0 Å². The van der Waals surface area contributed by atoms with Gasteiger partial charge in [0.25, 0.3) is 0 Å². The van der Waals surface area contributed by atoms with Crippen LogP contribution in [0.15, 0.2) is 102 Å². The van der Waals surface area contributed by atoms with Crippen molar-refractivity contribution >= 4 is 28.4 Å². The second-order valence-electron chi connectivity index (χ2n) is 6.29. The van der Waals surface area contributed by atoms with E-state index in [0.717, 1.165) is 33.1 Å². The van der Waals surface area contributed by atoms with Crippen molar-refractivity contribution in [3.8, 4) is 0 Å². The summed E-state index contributed by atoms with van der Waals surface area (Å²) >= 11 is 0. The molecule has 27 heavy (non-hydrogen) atoms. The molecule has 1 unspecified atom stereocenters. The molecule has 0 amide bonds. The first-order valence-electron chi connectivity index (χ1n) is 8.78. The number of allylic oxidation sites excluding steroid dienone is 1. The molecular formula is C23H20N2OS. The minimum Gasteiger partial charge on any atom is -0.310 e. The lowest BCUT2D eigenvalue weighted by Gasteiger charge is -2.30. The van der Waals surface area contributed by atoms with Crippen LogP contribution in [0.2, 0.25) is 0 Å². The highest BCUT2D eigenvalue weighted by Gasteiger charge is 2.18. The molecule has 0 radical (unpaired) electrons. The average Bonchev–Trinajstić information content (AvgIpc) is 2.73. The van der Waals surface area contributed by atoms with Crippen LogP contribution in [0.1, 0.15) is 11.1 Å². The summed E-state index contributed by atoms with van der Waals surface area (Å²) in [6, 6.07) is 25.9. The molecule has 1 atom stereocenters. The standard InChI is InChI=1S/C23H20N2OS/c1-18-12-14-20-16-19(17-24-27(26)22-10-6-3-7-11-22)13-15-23(20)25(18)21-8-4-2-5-9-21/h2-16,24H,1,17H2. The van der Waals surface area contributed by atoms with Gasteiger partial charge in [0.1, 0.15) is 11.0 Å². The van der Waals surface area contributed by atoms with E-state index in [0.29, 0.717) is 6.54 Å². The van der Waals surface area contributed by atoms with Gasteiger partial charge >= 0.3 is 0 Å². The van der Waals surface area contributed by atoms with Gasteiger partial charge in [0.2, 0.25) is 0 Å². The van der Waals surface area contributed by atoms with Gasteiger partial charge in [0, 0.05) is 17.9 Å². The zero-order chi connectivity index (χ0) is 18.6. The van der Waals surface area contributed by atoms with Gasteiger partial charge in [0.15, 0.2) is 0 Å². The maximum atomic E-state index is 12.4. The normalized spacial score (nSPS) is 14.1. The van der Waals surface area contributed by atoms with E-state index in [1.54, 1.807) is 0 Å². The monoisotopic (exact) mass is 372 g/mol. The Kier molecular flexibility index (Phi) is 5.01. The second-order valence-corrected chi connectivity index (χ2v) is 7.59. The van der Waals surface area contributed by atoms with Crippen molar-refractivity contribution in [3.63, 3.8) is 0 Å². The summed E-state index contributed by atoms with van der Waals surface area (Å²) in [5.41, 5.74) is 5.33. The Morgan fingerprint density at radius 2 is 1.59 bits per heavy atom. The number of nitrogens with one attached hydrogen (secondary N) is 1. The smallest absolute Gasteiger partial charge is 0.125 e. The predicted octanol–water partition coefficient (Wildman–Crippen LogP) is 5.18. The minimum absolute atomic E-state index is 0.537. The van der Waals surface area contributed by atoms with E-state index in [2.05, 4.69) is 52.6 Å². The first-order chi connectivity index (χ1) is 13.2. The molecule has 3 aromatic carbocycles. The molecule has 0 bridgehead atoms. The van der Waals surface area contributed by atoms with Gasteiger partial charge in [-0.1, -0.05) is 55.1 Å². The number of anilines is 2. The van der Waals surface area contributed by atoms with Gasteiger partial charge in [-0.3, -0.25) is 0 Å². The van der Waals surface area contributed by atoms with Crippen molar-refractivity contribution in [2.24, 2.45) is 0 Å². The highest BCUT2D eigenvalue weighted by atomic mass is 32.2. The van der Waals surface area contributed by atoms with Crippen LogP contribution in [0, 0.1) is 0 Å². The van der Waals surface area contributed by atoms with E-state index >= 15 is 0 Å². The molecule has 0 saturated heterocycles. The first-order valence-corrected chi connectivity index (χ1v) is 9.93. The van der Waals surface area contributed by atoms with Gasteiger partial charge in [-0.25, -0.2) is 8.93 Å². The Bertz CT molecular complexity index is 1010. The number of hydrogen-bond acceptors (Lipinski definition) is 2. The van der Waals surface area contributed by atoms with Crippen LogP contribution in [0.25, 0.3) is 6.08 Å². The topological polar surface area (TPSA) is 32.3 Å². The number of fused-ring (bicyclic) bond motifs is 1. The number of nitrogens with zero attached hydrogens (tertiary/aromatic N) is 1. The van der Waals surface area contributed by atoms with E-state index in [1.165, 1.54) is 0 Å². The molecule has 4 heteroatoms. The third-order valence-electron chi connectivity index (χ3n) is 4.45. The Morgan fingerprint density at radius 1 is 0.889 bits per heavy atom. The fraction of sp³-hybridized carbons (Fsp3) is 0.0435. The van der Waals surface area contributed by atoms with E-state index in [4.69, 9.17) is 0 Å². The third kappa shape index (κ3) is 3.77. The molecule has 1 heterocycles. The Balaban J connectivity index is 1.55. The molecule has 4 rings (SSSR count). The number of hydrogen-bond donors (Lipinski definition) is 1. The molecule has 1 aliphatic rings. The lowest BCUT2D eigenvalue weighted by atomic mass is 10.0. The van der Waals surface area contributed by atoms with Crippen LogP contribution in [-0.4, -0.2) is 4.21 Å². The van der Waals surface area contributed by atoms with Crippen LogP contribution in [0.4, 0.5) is 11.4 Å². The van der Waals surface area contributed by atoms with Crippen molar-refractivity contribution in [2.75, 3.05) is 4.90 Å². The van der Waals surface area contributed by atoms with E-state index in [-0.39, 0.29) is 0 Å². The fourth-order valence-electron chi connectivity index (χ4n) is 3.12. The maximum Gasteiger partial charge on any atom is 0.125 e. The van der Waals surface area contributed by atoms with Crippen molar-refractivity contribution in [3.05, 3.63) is 108 Å². The minimum atomic E-state index is -1.22. The van der Waals surface area contributed by atoms with E-state index in [9.17, 15) is 4.21 Å². The lowest BCUT2D eigenvalue weighted by molar-refractivity contribution is 0.672. The Labute approximate surface area is 162 Å². The average molecular weight is 372 g/mol. The molecule has 0 aromatic heterocycles. The molecule has 3 aromatic rings. The van der Waals surface area contributed by atoms with Crippen molar-refractivity contribution < 1.29 is 4.21 Å². The molecule has 0 spiro atoms. The summed E-state index contributed by atoms with van der Waals surface area (Å²) in [7, 11) is -1.22. The Morgan fingerprint density at radius 3 is 2.33 bits per heavy atom. The van der Waals surface area contributed by atoms with E-state index < -0.39 is 11.0 Å². The van der Waals surface area contributed by atoms with Gasteiger partial charge in [-0.2, -0.15) is 0 Å². The molecule has 0 aliphatic carbocycles. The zero-order valence-corrected chi connectivity index (χ0v) is 15.7. The van der Waals surface area contributed by atoms with Gasteiger partial charge < -0.3 is 4.90 Å². The molecule has 0 saturated carbocycles. The lowest BCUT2D eigenvalue weighted by Crippen LogP contribution is -2.19. The second kappa shape index (κ2) is 7.74. The number of para-hydroxylation sites is 1. The first kappa shape index (κ1) is 17.5. The molecule has 3 nitrogen and oxygen atoms in total. The van der Waals surface area contributed by atoms with Crippen LogP contribution < -0.4 is 9.62 Å². The predicted molar refractivity (Wildman–Crippen MR) is 113 cm³/mol. The van der Waals surface area contributed by atoms with Crippen molar-refractivity contribution in [1.82, 2.24) is 4.72 Å². The van der Waals surface area contributed by atoms with Crippen molar-refractivity contribution in [2.45, 2.75) is 11.4 Å². The van der Waals surface area contributed by atoms with Gasteiger partial charge in [0.05, 0.1) is 10.6 Å². The molecule has 134 valence electrons. The quantitative estimate of drug-likeness (QED) is 0.669. The molecule has 1 N–H and O–H groups in total. The number of benzene rings is 3.